The fraction of sp³-hybridized carbons (Fsp3) is 0.263. The monoisotopic (exact) mass is 349 g/mol. The van der Waals surface area contributed by atoms with E-state index in [2.05, 4.69) is 15.4 Å². The minimum absolute atomic E-state index is 0.0449. The molecule has 1 aliphatic rings. The van der Waals surface area contributed by atoms with Crippen molar-refractivity contribution in [2.45, 2.75) is 6.04 Å². The minimum Gasteiger partial charge on any atom is -0.378 e. The van der Waals surface area contributed by atoms with E-state index in [4.69, 9.17) is 4.74 Å². The summed E-state index contributed by atoms with van der Waals surface area (Å²) in [5.41, 5.74) is 1.70. The maximum absolute atomic E-state index is 13.2. The van der Waals surface area contributed by atoms with E-state index in [1.165, 1.54) is 4.80 Å². The molecule has 0 unspecified atom stereocenters. The van der Waals surface area contributed by atoms with E-state index in [1.807, 2.05) is 60.7 Å². The van der Waals surface area contributed by atoms with Crippen LogP contribution in [0.1, 0.15) is 11.6 Å². The topological polar surface area (TPSA) is 73.1 Å². The standard InChI is InChI=1S/C19H19N5O2/c25-19(23-11-13-26-14-12-23)17(15-7-3-1-4-8-15)24-21-18(20-22-24)16-9-5-2-6-10-16/h1-10,17H,11-14H2/t17-/m1/s1. The van der Waals surface area contributed by atoms with Crippen LogP contribution in [0.25, 0.3) is 11.4 Å². The highest BCUT2D eigenvalue weighted by Gasteiger charge is 2.30. The molecule has 1 amide bonds. The van der Waals surface area contributed by atoms with E-state index in [-0.39, 0.29) is 5.91 Å². The Morgan fingerprint density at radius 2 is 1.62 bits per heavy atom. The van der Waals surface area contributed by atoms with E-state index < -0.39 is 6.04 Å². The maximum Gasteiger partial charge on any atom is 0.254 e. The van der Waals surface area contributed by atoms with Crippen molar-refractivity contribution < 1.29 is 9.53 Å². The van der Waals surface area contributed by atoms with Gasteiger partial charge in [-0.15, -0.1) is 15.0 Å². The van der Waals surface area contributed by atoms with Gasteiger partial charge in [0.2, 0.25) is 5.82 Å². The number of hydrogen-bond donors (Lipinski definition) is 0. The number of amides is 1. The lowest BCUT2D eigenvalue weighted by Gasteiger charge is -2.30. The molecule has 0 spiro atoms. The van der Waals surface area contributed by atoms with Gasteiger partial charge in [-0.1, -0.05) is 60.7 Å². The van der Waals surface area contributed by atoms with Crippen LogP contribution in [0, 0.1) is 0 Å². The molecule has 0 saturated carbocycles. The van der Waals surface area contributed by atoms with Gasteiger partial charge in [-0.3, -0.25) is 4.79 Å². The number of carbonyl (C=O) groups is 1. The quantitative estimate of drug-likeness (QED) is 0.718. The van der Waals surface area contributed by atoms with Gasteiger partial charge in [-0.2, -0.15) is 0 Å². The molecule has 1 aliphatic heterocycles. The van der Waals surface area contributed by atoms with Crippen LogP contribution in [0.4, 0.5) is 0 Å². The number of aromatic nitrogens is 4. The normalized spacial score (nSPS) is 15.6. The van der Waals surface area contributed by atoms with E-state index in [0.29, 0.717) is 32.1 Å². The van der Waals surface area contributed by atoms with E-state index in [9.17, 15) is 4.79 Å². The Hall–Kier alpha value is -3.06. The van der Waals surface area contributed by atoms with E-state index in [1.54, 1.807) is 4.90 Å². The van der Waals surface area contributed by atoms with Gasteiger partial charge in [0.1, 0.15) is 0 Å². The summed E-state index contributed by atoms with van der Waals surface area (Å²) in [4.78, 5) is 16.4. The number of tetrazole rings is 1. The molecule has 132 valence electrons. The summed E-state index contributed by atoms with van der Waals surface area (Å²) in [5, 5.41) is 12.8. The van der Waals surface area contributed by atoms with Crippen molar-refractivity contribution in [1.82, 2.24) is 25.1 Å². The fourth-order valence-corrected chi connectivity index (χ4v) is 3.00. The average molecular weight is 349 g/mol. The second-order valence-electron chi connectivity index (χ2n) is 6.05. The van der Waals surface area contributed by atoms with Crippen molar-refractivity contribution in [1.29, 1.82) is 0 Å². The lowest BCUT2D eigenvalue weighted by molar-refractivity contribution is -0.138. The van der Waals surface area contributed by atoms with Crippen LogP contribution in [-0.4, -0.2) is 57.3 Å². The third-order valence-electron chi connectivity index (χ3n) is 4.36. The lowest BCUT2D eigenvalue weighted by atomic mass is 10.1. The zero-order valence-corrected chi connectivity index (χ0v) is 14.2. The van der Waals surface area contributed by atoms with Crippen molar-refractivity contribution >= 4 is 5.91 Å². The molecule has 26 heavy (non-hydrogen) atoms. The molecular formula is C19H19N5O2. The SMILES string of the molecule is O=C([C@@H](c1ccccc1)n1nnc(-c2ccccc2)n1)N1CCOCC1. The summed E-state index contributed by atoms with van der Waals surface area (Å²) in [7, 11) is 0. The summed E-state index contributed by atoms with van der Waals surface area (Å²) < 4.78 is 5.36. The highest BCUT2D eigenvalue weighted by molar-refractivity contribution is 5.83. The molecule has 0 radical (unpaired) electrons. The molecule has 1 saturated heterocycles. The Balaban J connectivity index is 1.69. The lowest BCUT2D eigenvalue weighted by Crippen LogP contribution is -2.45. The highest BCUT2D eigenvalue weighted by atomic mass is 16.5. The molecule has 0 bridgehead atoms. The second kappa shape index (κ2) is 7.45. The van der Waals surface area contributed by atoms with E-state index in [0.717, 1.165) is 11.1 Å². The molecule has 2 heterocycles. The Bertz CT molecular complexity index is 860. The second-order valence-corrected chi connectivity index (χ2v) is 6.05. The average Bonchev–Trinajstić information content (AvgIpc) is 3.20. The first-order valence-electron chi connectivity index (χ1n) is 8.59. The van der Waals surface area contributed by atoms with Gasteiger partial charge in [0.15, 0.2) is 6.04 Å². The first-order chi connectivity index (χ1) is 12.8. The van der Waals surface area contributed by atoms with Crippen molar-refractivity contribution in [3.05, 3.63) is 66.2 Å². The van der Waals surface area contributed by atoms with Gasteiger partial charge in [0.25, 0.3) is 5.91 Å². The van der Waals surface area contributed by atoms with Crippen LogP contribution in [0.3, 0.4) is 0 Å². The van der Waals surface area contributed by atoms with E-state index >= 15 is 0 Å². The first-order valence-corrected chi connectivity index (χ1v) is 8.59. The molecule has 7 heteroatoms. The number of morpholine rings is 1. The van der Waals surface area contributed by atoms with Crippen LogP contribution >= 0.6 is 0 Å². The fourth-order valence-electron chi connectivity index (χ4n) is 3.00. The summed E-state index contributed by atoms with van der Waals surface area (Å²) in [6.07, 6.45) is 0. The first kappa shape index (κ1) is 16.4. The molecular weight excluding hydrogens is 330 g/mol. The molecule has 1 aromatic heterocycles. The predicted molar refractivity (Wildman–Crippen MR) is 95.2 cm³/mol. The zero-order valence-electron chi connectivity index (χ0n) is 14.2. The summed E-state index contributed by atoms with van der Waals surface area (Å²) in [6, 6.07) is 18.5. The molecule has 7 nitrogen and oxygen atoms in total. The Morgan fingerprint density at radius 3 is 2.31 bits per heavy atom. The summed E-state index contributed by atoms with van der Waals surface area (Å²) in [5.74, 6) is 0.456. The molecule has 0 N–H and O–H groups in total. The van der Waals surface area contributed by atoms with Crippen molar-refractivity contribution in [3.63, 3.8) is 0 Å². The van der Waals surface area contributed by atoms with Crippen molar-refractivity contribution in [2.24, 2.45) is 0 Å². The Morgan fingerprint density at radius 1 is 0.962 bits per heavy atom. The number of rotatable bonds is 4. The van der Waals surface area contributed by atoms with Crippen molar-refractivity contribution in [3.8, 4) is 11.4 Å². The third-order valence-corrected chi connectivity index (χ3v) is 4.36. The van der Waals surface area contributed by atoms with Gasteiger partial charge in [0.05, 0.1) is 13.2 Å². The van der Waals surface area contributed by atoms with Crippen LogP contribution < -0.4 is 0 Å². The zero-order chi connectivity index (χ0) is 17.8. The van der Waals surface area contributed by atoms with Crippen molar-refractivity contribution in [2.75, 3.05) is 26.3 Å². The van der Waals surface area contributed by atoms with Crippen LogP contribution in [0.2, 0.25) is 0 Å². The number of hydrogen-bond acceptors (Lipinski definition) is 5. The van der Waals surface area contributed by atoms with Gasteiger partial charge in [0, 0.05) is 18.7 Å². The molecule has 0 aliphatic carbocycles. The smallest absolute Gasteiger partial charge is 0.254 e. The predicted octanol–water partition coefficient (Wildman–Crippen LogP) is 1.79. The van der Waals surface area contributed by atoms with Gasteiger partial charge < -0.3 is 9.64 Å². The van der Waals surface area contributed by atoms with Gasteiger partial charge >= 0.3 is 0 Å². The highest BCUT2D eigenvalue weighted by Crippen LogP contribution is 2.21. The Kier molecular flexibility index (Phi) is 4.70. The maximum atomic E-state index is 13.2. The Labute approximate surface area is 151 Å². The number of benzene rings is 2. The number of nitrogens with zero attached hydrogens (tertiary/aromatic N) is 5. The minimum atomic E-state index is -0.640. The third kappa shape index (κ3) is 3.34. The summed E-state index contributed by atoms with van der Waals surface area (Å²) >= 11 is 0. The number of carbonyl (C=O) groups excluding carboxylic acids is 1. The largest absolute Gasteiger partial charge is 0.378 e. The van der Waals surface area contributed by atoms with Gasteiger partial charge in [-0.05, 0) is 10.8 Å². The molecule has 4 rings (SSSR count). The molecule has 1 atom stereocenters. The van der Waals surface area contributed by atoms with Crippen LogP contribution in [-0.2, 0) is 9.53 Å². The number of ether oxygens (including phenoxy) is 1. The molecule has 3 aromatic rings. The van der Waals surface area contributed by atoms with Gasteiger partial charge in [-0.25, -0.2) is 0 Å². The molecule has 1 fully saturated rings. The van der Waals surface area contributed by atoms with Crippen LogP contribution in [0.5, 0.6) is 0 Å². The summed E-state index contributed by atoms with van der Waals surface area (Å²) in [6.45, 7) is 2.24. The van der Waals surface area contributed by atoms with Crippen LogP contribution in [0.15, 0.2) is 60.7 Å². The molecule has 2 aromatic carbocycles.